The molecule has 1 aromatic heterocycles. The highest BCUT2D eigenvalue weighted by Gasteiger charge is 2.02. The van der Waals surface area contributed by atoms with Crippen LogP contribution in [-0.2, 0) is 0 Å². The molecule has 4 heteroatoms. The second-order valence-corrected chi connectivity index (χ2v) is 4.30. The van der Waals surface area contributed by atoms with Gasteiger partial charge in [-0.15, -0.1) is 0 Å². The first-order valence-corrected chi connectivity index (χ1v) is 5.56. The molecule has 0 radical (unpaired) electrons. The van der Waals surface area contributed by atoms with Crippen molar-refractivity contribution in [1.29, 1.82) is 5.26 Å². The van der Waals surface area contributed by atoms with Crippen LogP contribution in [0.15, 0.2) is 46.7 Å². The zero-order chi connectivity index (χ0) is 11.4. The predicted octanol–water partition coefficient (Wildman–Crippen LogP) is 2.81. The van der Waals surface area contributed by atoms with Crippen LogP contribution >= 0.6 is 11.8 Å². The lowest BCUT2D eigenvalue weighted by molar-refractivity contribution is 1.04. The van der Waals surface area contributed by atoms with E-state index in [1.165, 1.54) is 6.33 Å². The van der Waals surface area contributed by atoms with Gasteiger partial charge in [-0.2, -0.15) is 5.26 Å². The summed E-state index contributed by atoms with van der Waals surface area (Å²) in [6.07, 6.45) is 3.25. The Hall–Kier alpha value is -1.86. The lowest BCUT2D eigenvalue weighted by Gasteiger charge is -2.04. The summed E-state index contributed by atoms with van der Waals surface area (Å²) < 4.78 is 0. The van der Waals surface area contributed by atoms with E-state index in [4.69, 9.17) is 5.26 Å². The molecule has 0 aliphatic rings. The Morgan fingerprint density at radius 2 is 2.19 bits per heavy atom. The molecule has 0 N–H and O–H groups in total. The molecule has 16 heavy (non-hydrogen) atoms. The van der Waals surface area contributed by atoms with Crippen LogP contribution in [0.25, 0.3) is 0 Å². The molecule has 1 heterocycles. The third-order valence-electron chi connectivity index (χ3n) is 2.07. The Morgan fingerprint density at radius 3 is 2.81 bits per heavy atom. The molecule has 0 amide bonds. The van der Waals surface area contributed by atoms with Crippen LogP contribution in [0.4, 0.5) is 0 Å². The third kappa shape index (κ3) is 2.38. The van der Waals surface area contributed by atoms with Crippen molar-refractivity contribution in [2.75, 3.05) is 0 Å². The summed E-state index contributed by atoms with van der Waals surface area (Å²) >= 11 is 1.57. The number of rotatable bonds is 2. The van der Waals surface area contributed by atoms with Gasteiger partial charge in [0.05, 0.1) is 11.6 Å². The number of nitriles is 1. The van der Waals surface area contributed by atoms with Gasteiger partial charge in [0.1, 0.15) is 11.4 Å². The third-order valence-corrected chi connectivity index (χ3v) is 3.20. The average molecular weight is 227 g/mol. The number of aromatic nitrogens is 2. The zero-order valence-corrected chi connectivity index (χ0v) is 9.53. The van der Waals surface area contributed by atoms with Crippen LogP contribution in [0.3, 0.4) is 0 Å². The van der Waals surface area contributed by atoms with Gasteiger partial charge < -0.3 is 0 Å². The van der Waals surface area contributed by atoms with Crippen molar-refractivity contribution >= 4 is 11.8 Å². The predicted molar refractivity (Wildman–Crippen MR) is 62.0 cm³/mol. The SMILES string of the molecule is Cc1cc(C#N)ccc1Sc1ccncn1. The van der Waals surface area contributed by atoms with Gasteiger partial charge in [-0.25, -0.2) is 9.97 Å². The smallest absolute Gasteiger partial charge is 0.116 e. The van der Waals surface area contributed by atoms with Crippen LogP contribution in [0.5, 0.6) is 0 Å². The van der Waals surface area contributed by atoms with Crippen LogP contribution < -0.4 is 0 Å². The van der Waals surface area contributed by atoms with Crippen LogP contribution in [-0.4, -0.2) is 9.97 Å². The van der Waals surface area contributed by atoms with E-state index in [0.29, 0.717) is 5.56 Å². The summed E-state index contributed by atoms with van der Waals surface area (Å²) in [4.78, 5) is 9.12. The van der Waals surface area contributed by atoms with Crippen molar-refractivity contribution in [3.63, 3.8) is 0 Å². The van der Waals surface area contributed by atoms with Gasteiger partial charge in [-0.3, -0.25) is 0 Å². The topological polar surface area (TPSA) is 49.6 Å². The first-order valence-electron chi connectivity index (χ1n) is 4.74. The number of hydrogen-bond donors (Lipinski definition) is 0. The molecule has 0 bridgehead atoms. The summed E-state index contributed by atoms with van der Waals surface area (Å²) in [7, 11) is 0. The van der Waals surface area contributed by atoms with Crippen molar-refractivity contribution in [3.8, 4) is 6.07 Å². The molecule has 0 fully saturated rings. The average Bonchev–Trinajstić information content (AvgIpc) is 2.33. The van der Waals surface area contributed by atoms with E-state index in [2.05, 4.69) is 16.0 Å². The zero-order valence-electron chi connectivity index (χ0n) is 8.71. The number of benzene rings is 1. The summed E-state index contributed by atoms with van der Waals surface area (Å²) in [5, 5.41) is 9.67. The van der Waals surface area contributed by atoms with Crippen molar-refractivity contribution in [2.24, 2.45) is 0 Å². The highest BCUT2D eigenvalue weighted by Crippen LogP contribution is 2.28. The first kappa shape index (κ1) is 10.7. The molecule has 0 aliphatic heterocycles. The van der Waals surface area contributed by atoms with Gasteiger partial charge in [-0.05, 0) is 36.8 Å². The van der Waals surface area contributed by atoms with E-state index in [-0.39, 0.29) is 0 Å². The first-order chi connectivity index (χ1) is 7.79. The molecule has 0 aliphatic carbocycles. The maximum absolute atomic E-state index is 8.77. The monoisotopic (exact) mass is 227 g/mol. The lowest BCUT2D eigenvalue weighted by Crippen LogP contribution is -1.84. The molecular weight excluding hydrogens is 218 g/mol. The minimum absolute atomic E-state index is 0.685. The Labute approximate surface area is 98.2 Å². The Kier molecular flexibility index (Phi) is 3.18. The van der Waals surface area contributed by atoms with Gasteiger partial charge in [0.25, 0.3) is 0 Å². The van der Waals surface area contributed by atoms with E-state index in [1.807, 2.05) is 31.2 Å². The molecule has 2 rings (SSSR count). The number of aryl methyl sites for hydroxylation is 1. The molecule has 3 nitrogen and oxygen atoms in total. The van der Waals surface area contributed by atoms with E-state index >= 15 is 0 Å². The molecule has 0 saturated heterocycles. The highest BCUT2D eigenvalue weighted by molar-refractivity contribution is 7.99. The van der Waals surface area contributed by atoms with Gasteiger partial charge in [0.2, 0.25) is 0 Å². The molecular formula is C12H9N3S. The highest BCUT2D eigenvalue weighted by atomic mass is 32.2. The minimum atomic E-state index is 0.685. The Balaban J connectivity index is 2.27. The Morgan fingerprint density at radius 1 is 1.31 bits per heavy atom. The summed E-state index contributed by atoms with van der Waals surface area (Å²) in [6, 6.07) is 9.63. The van der Waals surface area contributed by atoms with Crippen molar-refractivity contribution < 1.29 is 0 Å². The number of nitrogens with zero attached hydrogens (tertiary/aromatic N) is 3. The van der Waals surface area contributed by atoms with Gasteiger partial charge >= 0.3 is 0 Å². The largest absolute Gasteiger partial charge is 0.245 e. The molecule has 1 aromatic carbocycles. The quantitative estimate of drug-likeness (QED) is 0.740. The fraction of sp³-hybridized carbons (Fsp3) is 0.0833. The summed E-state index contributed by atoms with van der Waals surface area (Å²) in [5.74, 6) is 0. The van der Waals surface area contributed by atoms with E-state index < -0.39 is 0 Å². The normalized spacial score (nSPS) is 9.75. The van der Waals surface area contributed by atoms with Gasteiger partial charge in [-0.1, -0.05) is 11.8 Å². The maximum atomic E-state index is 8.77. The second kappa shape index (κ2) is 4.77. The lowest BCUT2D eigenvalue weighted by atomic mass is 10.2. The van der Waals surface area contributed by atoms with Crippen LogP contribution in [0.2, 0.25) is 0 Å². The van der Waals surface area contributed by atoms with Crippen LogP contribution in [0.1, 0.15) is 11.1 Å². The van der Waals surface area contributed by atoms with E-state index in [9.17, 15) is 0 Å². The second-order valence-electron chi connectivity index (χ2n) is 3.24. The fourth-order valence-electron chi connectivity index (χ4n) is 1.29. The molecule has 2 aromatic rings. The molecule has 0 saturated carbocycles. The van der Waals surface area contributed by atoms with Gasteiger partial charge in [0.15, 0.2) is 0 Å². The van der Waals surface area contributed by atoms with Gasteiger partial charge in [0, 0.05) is 11.1 Å². The van der Waals surface area contributed by atoms with E-state index in [1.54, 1.807) is 18.0 Å². The summed E-state index contributed by atoms with van der Waals surface area (Å²) in [5.41, 5.74) is 1.77. The number of hydrogen-bond acceptors (Lipinski definition) is 4. The standard InChI is InChI=1S/C12H9N3S/c1-9-6-10(7-13)2-3-11(9)16-12-4-5-14-8-15-12/h2-6,8H,1H3. The van der Waals surface area contributed by atoms with Crippen molar-refractivity contribution in [2.45, 2.75) is 16.8 Å². The molecule has 0 spiro atoms. The fourth-order valence-corrected chi connectivity index (χ4v) is 2.10. The van der Waals surface area contributed by atoms with Crippen LogP contribution in [0, 0.1) is 18.3 Å². The Bertz CT molecular complexity index is 532. The molecule has 0 atom stereocenters. The van der Waals surface area contributed by atoms with E-state index in [0.717, 1.165) is 15.5 Å². The van der Waals surface area contributed by atoms with Crippen molar-refractivity contribution in [3.05, 3.63) is 47.9 Å². The minimum Gasteiger partial charge on any atom is -0.245 e. The maximum Gasteiger partial charge on any atom is 0.116 e. The molecule has 0 unspecified atom stereocenters. The summed E-state index contributed by atoms with van der Waals surface area (Å²) in [6.45, 7) is 1.99. The van der Waals surface area contributed by atoms with Crippen molar-refractivity contribution in [1.82, 2.24) is 9.97 Å². The molecule has 78 valence electrons.